The molecular formula is C21H26ClNO3. The molecule has 2 aromatic rings. The third-order valence-electron chi connectivity index (χ3n) is 4.41. The smallest absolute Gasteiger partial charge is 0.253 e. The molecule has 0 radical (unpaired) electrons. The summed E-state index contributed by atoms with van der Waals surface area (Å²) < 4.78 is 11.5. The molecule has 1 N–H and O–H groups in total. The molecule has 0 fully saturated rings. The first-order valence-corrected chi connectivity index (χ1v) is 9.19. The highest BCUT2D eigenvalue weighted by molar-refractivity contribution is 6.30. The highest BCUT2D eigenvalue weighted by Crippen LogP contribution is 2.28. The molecule has 0 aliphatic rings. The average Bonchev–Trinajstić information content (AvgIpc) is 2.67. The van der Waals surface area contributed by atoms with Crippen molar-refractivity contribution in [2.75, 3.05) is 14.2 Å². The number of amides is 1. The van der Waals surface area contributed by atoms with Crippen molar-refractivity contribution in [3.8, 4) is 5.75 Å². The van der Waals surface area contributed by atoms with Crippen LogP contribution in [0.15, 0.2) is 36.4 Å². The van der Waals surface area contributed by atoms with Crippen LogP contribution in [0.2, 0.25) is 5.02 Å². The lowest BCUT2D eigenvalue weighted by atomic mass is 10.0. The Kier molecular flexibility index (Phi) is 7.49. The maximum absolute atomic E-state index is 12.1. The monoisotopic (exact) mass is 375 g/mol. The topological polar surface area (TPSA) is 47.6 Å². The second-order valence-electron chi connectivity index (χ2n) is 6.01. The molecule has 5 heteroatoms. The molecule has 2 aromatic carbocycles. The van der Waals surface area contributed by atoms with Gasteiger partial charge in [-0.1, -0.05) is 43.6 Å². The average molecular weight is 376 g/mol. The summed E-state index contributed by atoms with van der Waals surface area (Å²) in [6.45, 7) is 4.53. The minimum absolute atomic E-state index is 0.210. The van der Waals surface area contributed by atoms with Gasteiger partial charge in [0.25, 0.3) is 5.91 Å². The molecule has 0 aliphatic heterocycles. The number of carbonyl (C=O) groups excluding carboxylic acids is 1. The van der Waals surface area contributed by atoms with Crippen LogP contribution < -0.4 is 10.1 Å². The molecule has 1 unspecified atom stereocenters. The minimum atomic E-state index is -0.705. The summed E-state index contributed by atoms with van der Waals surface area (Å²) in [6.07, 6.45) is 1.13. The number of aryl methyl sites for hydroxylation is 2. The van der Waals surface area contributed by atoms with Crippen molar-refractivity contribution in [1.82, 2.24) is 5.32 Å². The van der Waals surface area contributed by atoms with E-state index in [0.717, 1.165) is 35.3 Å². The highest BCUT2D eigenvalue weighted by Gasteiger charge is 2.22. The number of methoxy groups -OCH3 is 1. The minimum Gasteiger partial charge on any atom is -0.489 e. The number of hydrogen-bond acceptors (Lipinski definition) is 3. The summed E-state index contributed by atoms with van der Waals surface area (Å²) in [5.74, 6) is 0.657. The quantitative estimate of drug-likeness (QED) is 0.740. The van der Waals surface area contributed by atoms with Crippen molar-refractivity contribution >= 4 is 17.5 Å². The molecular weight excluding hydrogens is 350 g/mol. The van der Waals surface area contributed by atoms with Crippen LogP contribution in [0.4, 0.5) is 0 Å². The lowest BCUT2D eigenvalue weighted by Gasteiger charge is -2.19. The Labute approximate surface area is 160 Å². The summed E-state index contributed by atoms with van der Waals surface area (Å²) in [6, 6.07) is 11.7. The molecule has 0 saturated carbocycles. The summed E-state index contributed by atoms with van der Waals surface area (Å²) in [4.78, 5) is 12.1. The predicted octanol–water partition coefficient (Wildman–Crippen LogP) is 4.48. The van der Waals surface area contributed by atoms with Crippen LogP contribution in [0, 0.1) is 0 Å². The third-order valence-corrected chi connectivity index (χ3v) is 4.65. The van der Waals surface area contributed by atoms with Crippen LogP contribution in [-0.2, 0) is 29.0 Å². The normalized spacial score (nSPS) is 11.9. The van der Waals surface area contributed by atoms with Crippen LogP contribution in [0.25, 0.3) is 0 Å². The van der Waals surface area contributed by atoms with E-state index in [1.54, 1.807) is 13.1 Å². The maximum Gasteiger partial charge on any atom is 0.253 e. The number of halogens is 1. The Morgan fingerprint density at radius 2 is 1.88 bits per heavy atom. The Morgan fingerprint density at radius 1 is 1.12 bits per heavy atom. The number of carbonyl (C=O) groups is 1. The number of ether oxygens (including phenoxy) is 2. The Hall–Kier alpha value is -2.04. The number of rotatable bonds is 8. The molecule has 0 bridgehead atoms. The van der Waals surface area contributed by atoms with Gasteiger partial charge in [-0.3, -0.25) is 4.79 Å². The zero-order valence-corrected chi connectivity index (χ0v) is 16.5. The molecule has 140 valence electrons. The fourth-order valence-corrected chi connectivity index (χ4v) is 3.06. The molecule has 1 atom stereocenters. The van der Waals surface area contributed by atoms with Gasteiger partial charge < -0.3 is 14.8 Å². The van der Waals surface area contributed by atoms with Crippen molar-refractivity contribution in [3.63, 3.8) is 0 Å². The SMILES string of the molecule is CCc1ccc(CC)c(OCc2cc(Cl)ccc2C(OC)C(=O)NC)c1. The molecule has 1 amide bonds. The largest absolute Gasteiger partial charge is 0.489 e. The fraction of sp³-hybridized carbons (Fsp3) is 0.381. The van der Waals surface area contributed by atoms with Gasteiger partial charge >= 0.3 is 0 Å². The first-order chi connectivity index (χ1) is 12.5. The van der Waals surface area contributed by atoms with E-state index < -0.39 is 6.10 Å². The molecule has 0 saturated heterocycles. The summed E-state index contributed by atoms with van der Waals surface area (Å²) in [5, 5.41) is 3.22. The van der Waals surface area contributed by atoms with E-state index in [1.165, 1.54) is 12.7 Å². The summed E-state index contributed by atoms with van der Waals surface area (Å²) in [5.41, 5.74) is 3.96. The molecule has 0 heterocycles. The van der Waals surface area contributed by atoms with Gasteiger partial charge in [-0.25, -0.2) is 0 Å². The zero-order valence-electron chi connectivity index (χ0n) is 15.8. The predicted molar refractivity (Wildman–Crippen MR) is 105 cm³/mol. The third kappa shape index (κ3) is 4.77. The molecule has 0 aliphatic carbocycles. The van der Waals surface area contributed by atoms with Crippen molar-refractivity contribution < 1.29 is 14.3 Å². The van der Waals surface area contributed by atoms with Crippen molar-refractivity contribution in [2.45, 2.75) is 39.4 Å². The van der Waals surface area contributed by atoms with Gasteiger partial charge in [-0.2, -0.15) is 0 Å². The van der Waals surface area contributed by atoms with E-state index in [2.05, 4.69) is 37.4 Å². The van der Waals surface area contributed by atoms with Gasteiger partial charge in [0, 0.05) is 19.2 Å². The number of nitrogens with one attached hydrogen (secondary N) is 1. The lowest BCUT2D eigenvalue weighted by Crippen LogP contribution is -2.27. The maximum atomic E-state index is 12.1. The van der Waals surface area contributed by atoms with Gasteiger partial charge in [-0.15, -0.1) is 0 Å². The second-order valence-corrected chi connectivity index (χ2v) is 6.45. The number of hydrogen-bond donors (Lipinski definition) is 1. The highest BCUT2D eigenvalue weighted by atomic mass is 35.5. The van der Waals surface area contributed by atoms with Crippen LogP contribution in [0.5, 0.6) is 5.75 Å². The van der Waals surface area contributed by atoms with Crippen LogP contribution in [0.1, 0.15) is 42.2 Å². The van der Waals surface area contributed by atoms with Crippen molar-refractivity contribution in [1.29, 1.82) is 0 Å². The fourth-order valence-electron chi connectivity index (χ4n) is 2.86. The second kappa shape index (κ2) is 9.60. The van der Waals surface area contributed by atoms with Crippen molar-refractivity contribution in [2.24, 2.45) is 0 Å². The molecule has 0 aromatic heterocycles. The standard InChI is InChI=1S/C21H26ClNO3/c1-5-14-7-8-15(6-2)19(11-14)26-13-16-12-17(22)9-10-18(16)20(25-4)21(24)23-3/h7-12,20H,5-6,13H2,1-4H3,(H,23,24). The molecule has 26 heavy (non-hydrogen) atoms. The van der Waals surface area contributed by atoms with Crippen LogP contribution in [-0.4, -0.2) is 20.1 Å². The molecule has 2 rings (SSSR count). The van der Waals surface area contributed by atoms with Crippen LogP contribution >= 0.6 is 11.6 Å². The molecule has 4 nitrogen and oxygen atoms in total. The van der Waals surface area contributed by atoms with Gasteiger partial charge in [0.05, 0.1) is 0 Å². The van der Waals surface area contributed by atoms with E-state index in [4.69, 9.17) is 21.1 Å². The first-order valence-electron chi connectivity index (χ1n) is 8.81. The van der Waals surface area contributed by atoms with E-state index in [9.17, 15) is 4.79 Å². The number of benzene rings is 2. The van der Waals surface area contributed by atoms with Gasteiger partial charge in [0.2, 0.25) is 0 Å². The van der Waals surface area contributed by atoms with E-state index >= 15 is 0 Å². The van der Waals surface area contributed by atoms with Crippen molar-refractivity contribution in [3.05, 3.63) is 63.7 Å². The Morgan fingerprint density at radius 3 is 2.50 bits per heavy atom. The molecule has 0 spiro atoms. The first kappa shape index (κ1) is 20.3. The number of likely N-dealkylation sites (N-methyl/N-ethyl adjacent to an activating group) is 1. The van der Waals surface area contributed by atoms with Crippen LogP contribution in [0.3, 0.4) is 0 Å². The lowest BCUT2D eigenvalue weighted by molar-refractivity contribution is -0.130. The summed E-state index contributed by atoms with van der Waals surface area (Å²) >= 11 is 6.17. The van der Waals surface area contributed by atoms with Gasteiger partial charge in [-0.05, 0) is 53.3 Å². The van der Waals surface area contributed by atoms with E-state index in [1.807, 2.05) is 12.1 Å². The van der Waals surface area contributed by atoms with Gasteiger partial charge in [0.15, 0.2) is 6.10 Å². The summed E-state index contributed by atoms with van der Waals surface area (Å²) in [7, 11) is 3.10. The Bertz CT molecular complexity index is 761. The zero-order chi connectivity index (χ0) is 19.1. The van der Waals surface area contributed by atoms with E-state index in [-0.39, 0.29) is 5.91 Å². The van der Waals surface area contributed by atoms with Gasteiger partial charge in [0.1, 0.15) is 12.4 Å². The van der Waals surface area contributed by atoms with E-state index in [0.29, 0.717) is 11.6 Å². The Balaban J connectivity index is 2.32.